The van der Waals surface area contributed by atoms with Crippen LogP contribution in [0.5, 0.6) is 5.88 Å². The van der Waals surface area contributed by atoms with E-state index >= 15 is 0 Å². The molecule has 174 valence electrons. The Morgan fingerprint density at radius 1 is 1.09 bits per heavy atom. The van der Waals surface area contributed by atoms with Crippen LogP contribution < -0.4 is 4.74 Å². The molecular weight excluding hydrogens is 460 g/mol. The van der Waals surface area contributed by atoms with Gasteiger partial charge in [0.25, 0.3) is 0 Å². The molecule has 33 heavy (non-hydrogen) atoms. The number of hydrogen-bond acceptors (Lipinski definition) is 7. The van der Waals surface area contributed by atoms with Gasteiger partial charge in [-0.3, -0.25) is 0 Å². The van der Waals surface area contributed by atoms with Gasteiger partial charge in [0.1, 0.15) is 12.2 Å². The van der Waals surface area contributed by atoms with Gasteiger partial charge in [0, 0.05) is 11.3 Å². The number of hydrogen-bond donors (Lipinski definition) is 0. The Morgan fingerprint density at radius 3 is 2.61 bits per heavy atom. The number of halogens is 6. The number of nitrogens with zero attached hydrogens (tertiary/aromatic N) is 7. The van der Waals surface area contributed by atoms with Crippen molar-refractivity contribution in [3.05, 3.63) is 40.8 Å². The molecule has 0 spiro atoms. The fraction of sp³-hybridized carbons (Fsp3) is 0.389. The van der Waals surface area contributed by atoms with Crippen LogP contribution in [-0.2, 0) is 25.3 Å². The molecule has 0 radical (unpaired) electrons. The second-order valence-corrected chi connectivity index (χ2v) is 7.33. The largest absolute Gasteiger partial charge is 0.478 e. The van der Waals surface area contributed by atoms with Gasteiger partial charge in [-0.15, -0.1) is 0 Å². The molecule has 0 atom stereocenters. The summed E-state index contributed by atoms with van der Waals surface area (Å²) in [7, 11) is 0. The van der Waals surface area contributed by atoms with Crippen molar-refractivity contribution in [2.45, 2.75) is 38.7 Å². The summed E-state index contributed by atoms with van der Waals surface area (Å²) >= 11 is 0. The van der Waals surface area contributed by atoms with Crippen molar-refractivity contribution in [3.63, 3.8) is 0 Å². The van der Waals surface area contributed by atoms with Gasteiger partial charge >= 0.3 is 12.4 Å². The smallest absolute Gasteiger partial charge is 0.435 e. The van der Waals surface area contributed by atoms with E-state index in [0.717, 1.165) is 16.9 Å². The first-order chi connectivity index (χ1) is 15.5. The van der Waals surface area contributed by atoms with Crippen molar-refractivity contribution in [2.75, 3.05) is 6.61 Å². The van der Waals surface area contributed by atoms with E-state index in [1.54, 1.807) is 0 Å². The minimum absolute atomic E-state index is 0.0311. The molecule has 5 rings (SSSR count). The van der Waals surface area contributed by atoms with Crippen LogP contribution in [-0.4, -0.2) is 41.1 Å². The molecule has 0 bridgehead atoms. The predicted octanol–water partition coefficient (Wildman–Crippen LogP) is 3.70. The lowest BCUT2D eigenvalue weighted by molar-refractivity contribution is -0.143. The Labute approximate surface area is 180 Å². The first kappa shape index (κ1) is 21.2. The van der Waals surface area contributed by atoms with E-state index in [0.29, 0.717) is 10.9 Å². The highest BCUT2D eigenvalue weighted by atomic mass is 19.4. The molecule has 0 unspecified atom stereocenters. The maximum Gasteiger partial charge on any atom is 0.435 e. The van der Waals surface area contributed by atoms with Gasteiger partial charge in [-0.25, -0.2) is 14.2 Å². The van der Waals surface area contributed by atoms with Gasteiger partial charge in [-0.1, -0.05) is 5.16 Å². The van der Waals surface area contributed by atoms with E-state index in [4.69, 9.17) is 9.26 Å². The number of aryl methyl sites for hydroxylation is 1. The van der Waals surface area contributed by atoms with Crippen LogP contribution in [0.25, 0.3) is 17.0 Å². The summed E-state index contributed by atoms with van der Waals surface area (Å²) in [6, 6.07) is 0.852. The van der Waals surface area contributed by atoms with Gasteiger partial charge in [0.05, 0.1) is 18.4 Å². The Morgan fingerprint density at radius 2 is 1.88 bits per heavy atom. The van der Waals surface area contributed by atoms with E-state index in [1.807, 2.05) is 0 Å². The quantitative estimate of drug-likeness (QED) is 0.419. The molecule has 5 heterocycles. The van der Waals surface area contributed by atoms with E-state index in [-0.39, 0.29) is 59.6 Å². The van der Waals surface area contributed by atoms with Gasteiger partial charge in [0.2, 0.25) is 17.6 Å². The highest BCUT2D eigenvalue weighted by molar-refractivity contribution is 5.72. The molecular formula is C18H13F6N7O2. The molecule has 9 nitrogen and oxygen atoms in total. The van der Waals surface area contributed by atoms with Gasteiger partial charge in [-0.2, -0.15) is 41.5 Å². The van der Waals surface area contributed by atoms with Gasteiger partial charge in [-0.05, 0) is 25.8 Å². The zero-order valence-corrected chi connectivity index (χ0v) is 16.7. The molecule has 15 heteroatoms. The maximum absolute atomic E-state index is 13.3. The summed E-state index contributed by atoms with van der Waals surface area (Å²) in [5, 5.41) is 11.1. The molecule has 0 aliphatic carbocycles. The van der Waals surface area contributed by atoms with E-state index in [2.05, 4.69) is 25.3 Å². The van der Waals surface area contributed by atoms with Crippen LogP contribution >= 0.6 is 0 Å². The van der Waals surface area contributed by atoms with Crippen molar-refractivity contribution in [1.29, 1.82) is 0 Å². The second kappa shape index (κ2) is 7.18. The molecule has 0 aromatic carbocycles. The molecule has 4 aromatic heterocycles. The Bertz CT molecular complexity index is 1350. The monoisotopic (exact) mass is 473 g/mol. The topological polar surface area (TPSA) is 96.2 Å². The molecule has 1 aliphatic heterocycles. The third-order valence-electron chi connectivity index (χ3n) is 4.96. The second-order valence-electron chi connectivity index (χ2n) is 7.33. The van der Waals surface area contributed by atoms with E-state index < -0.39 is 23.7 Å². The highest BCUT2D eigenvalue weighted by Crippen LogP contribution is 2.38. The van der Waals surface area contributed by atoms with Crippen LogP contribution in [0.15, 0.2) is 16.8 Å². The summed E-state index contributed by atoms with van der Waals surface area (Å²) in [6.45, 7) is 1.30. The lowest BCUT2D eigenvalue weighted by Crippen LogP contribution is -2.13. The number of rotatable bonds is 3. The third kappa shape index (κ3) is 3.66. The minimum atomic E-state index is -4.67. The number of ether oxygens (including phenoxy) is 1. The van der Waals surface area contributed by atoms with Crippen molar-refractivity contribution in [3.8, 4) is 17.3 Å². The molecule has 0 fully saturated rings. The van der Waals surface area contributed by atoms with Gasteiger partial charge < -0.3 is 9.26 Å². The minimum Gasteiger partial charge on any atom is -0.478 e. The SMILES string of the molecule is Cc1cc(C(F)(F)F)n2ncc(-c3noc(Cn4nc(C(F)(F)F)c5c4OCCC5)n3)c2n1. The lowest BCUT2D eigenvalue weighted by Gasteiger charge is -2.15. The zero-order chi connectivity index (χ0) is 23.5. The van der Waals surface area contributed by atoms with Crippen LogP contribution in [0.3, 0.4) is 0 Å². The van der Waals surface area contributed by atoms with Crippen LogP contribution in [0, 0.1) is 6.92 Å². The Kier molecular flexibility index (Phi) is 4.61. The van der Waals surface area contributed by atoms with Crippen LogP contribution in [0.2, 0.25) is 0 Å². The summed E-state index contributed by atoms with van der Waals surface area (Å²) in [5.41, 5.74) is -2.10. The molecule has 0 N–H and O–H groups in total. The summed E-state index contributed by atoms with van der Waals surface area (Å²) in [6.07, 6.45) is -7.64. The standard InChI is InChI=1S/C18H13F6N7O2/c1-8-5-11(17(19,20)21)31-15(26-8)10(6-25-31)14-27-12(33-29-14)7-30-16-9(3-2-4-32-16)13(28-30)18(22,23)24/h5-6H,2-4,7H2,1H3. The fourth-order valence-electron chi connectivity index (χ4n) is 3.62. The third-order valence-corrected chi connectivity index (χ3v) is 4.96. The maximum atomic E-state index is 13.3. The van der Waals surface area contributed by atoms with Crippen molar-refractivity contribution in [2.24, 2.45) is 0 Å². The molecule has 0 saturated carbocycles. The van der Waals surface area contributed by atoms with Crippen molar-refractivity contribution in [1.82, 2.24) is 34.5 Å². The average molecular weight is 473 g/mol. The number of aromatic nitrogens is 7. The number of alkyl halides is 6. The first-order valence-corrected chi connectivity index (χ1v) is 9.57. The van der Waals surface area contributed by atoms with E-state index in [9.17, 15) is 26.3 Å². The fourth-order valence-corrected chi connectivity index (χ4v) is 3.62. The first-order valence-electron chi connectivity index (χ1n) is 9.57. The summed E-state index contributed by atoms with van der Waals surface area (Å²) < 4.78 is 92.1. The highest BCUT2D eigenvalue weighted by Gasteiger charge is 2.41. The average Bonchev–Trinajstić information content (AvgIpc) is 3.44. The Hall–Kier alpha value is -3.65. The van der Waals surface area contributed by atoms with E-state index in [1.165, 1.54) is 6.92 Å². The van der Waals surface area contributed by atoms with Crippen molar-refractivity contribution < 1.29 is 35.6 Å². The number of fused-ring (bicyclic) bond motifs is 2. The molecule has 1 aliphatic rings. The predicted molar refractivity (Wildman–Crippen MR) is 96.2 cm³/mol. The summed E-state index contributed by atoms with van der Waals surface area (Å²) in [5.74, 6) is -0.276. The van der Waals surface area contributed by atoms with Gasteiger partial charge in [0.15, 0.2) is 11.3 Å². The van der Waals surface area contributed by atoms with Crippen molar-refractivity contribution >= 4 is 5.65 Å². The molecule has 4 aromatic rings. The van der Waals surface area contributed by atoms with Crippen LogP contribution in [0.1, 0.15) is 35.0 Å². The van der Waals surface area contributed by atoms with Crippen LogP contribution in [0.4, 0.5) is 26.3 Å². The molecule has 0 saturated heterocycles. The zero-order valence-electron chi connectivity index (χ0n) is 16.7. The lowest BCUT2D eigenvalue weighted by atomic mass is 10.1. The summed E-state index contributed by atoms with van der Waals surface area (Å²) in [4.78, 5) is 8.17. The molecule has 0 amide bonds. The normalized spacial score (nSPS) is 14.5. The Balaban J connectivity index is 1.51.